The third-order valence-electron chi connectivity index (χ3n) is 3.86. The normalized spacial score (nSPS) is 12.6. The van der Waals surface area contributed by atoms with Gasteiger partial charge in [-0.3, -0.25) is 10.4 Å². The molecule has 3 N–H and O–H groups in total. The third kappa shape index (κ3) is 3.15. The van der Waals surface area contributed by atoms with Gasteiger partial charge in [0.2, 0.25) is 0 Å². The Bertz CT molecular complexity index is 648. The summed E-state index contributed by atoms with van der Waals surface area (Å²) in [5.41, 5.74) is 8.39. The molecule has 0 bridgehead atoms. The Morgan fingerprint density at radius 2 is 1.95 bits per heavy atom. The van der Waals surface area contributed by atoms with E-state index in [1.165, 1.54) is 0 Å². The summed E-state index contributed by atoms with van der Waals surface area (Å²) >= 11 is 0. The van der Waals surface area contributed by atoms with E-state index in [2.05, 4.69) is 37.7 Å². The Kier molecular flexibility index (Phi) is 4.46. The molecule has 4 nitrogen and oxygen atoms in total. The first-order valence-corrected chi connectivity index (χ1v) is 7.36. The summed E-state index contributed by atoms with van der Waals surface area (Å²) in [5, 5.41) is 8.88. The highest BCUT2D eigenvalue weighted by molar-refractivity contribution is 6.07. The number of nitrogens with two attached hydrogens (primary N) is 1. The van der Waals surface area contributed by atoms with E-state index in [-0.39, 0.29) is 5.84 Å². The number of anilines is 1. The van der Waals surface area contributed by atoms with Gasteiger partial charge in [-0.2, -0.15) is 0 Å². The van der Waals surface area contributed by atoms with Crippen LogP contribution < -0.4 is 10.6 Å². The summed E-state index contributed by atoms with van der Waals surface area (Å²) in [4.78, 5) is 6.64. The van der Waals surface area contributed by atoms with Crippen molar-refractivity contribution < 1.29 is 0 Å². The molecule has 21 heavy (non-hydrogen) atoms. The molecule has 0 radical (unpaired) electrons. The molecule has 0 fully saturated rings. The summed E-state index contributed by atoms with van der Waals surface area (Å²) in [6.07, 6.45) is 2.79. The first kappa shape index (κ1) is 15.3. The second kappa shape index (κ2) is 6.12. The van der Waals surface area contributed by atoms with E-state index in [1.54, 1.807) is 6.20 Å². The maximum atomic E-state index is 7.84. The van der Waals surface area contributed by atoms with Crippen LogP contribution in [0.2, 0.25) is 0 Å². The van der Waals surface area contributed by atoms with Crippen molar-refractivity contribution in [3.63, 3.8) is 0 Å². The van der Waals surface area contributed by atoms with Crippen LogP contribution in [0.5, 0.6) is 0 Å². The molecule has 2 aromatic rings. The van der Waals surface area contributed by atoms with Crippen LogP contribution in [0.3, 0.4) is 0 Å². The number of rotatable bonds is 5. The molecule has 0 saturated carbocycles. The van der Waals surface area contributed by atoms with E-state index < -0.39 is 0 Å². The molecule has 0 amide bonds. The highest BCUT2D eigenvalue weighted by Gasteiger charge is 2.19. The fourth-order valence-electron chi connectivity index (χ4n) is 2.76. The minimum absolute atomic E-state index is 0.0619. The molecule has 0 saturated heterocycles. The Balaban J connectivity index is 2.58. The predicted molar refractivity (Wildman–Crippen MR) is 90.1 cm³/mol. The number of pyridine rings is 1. The fraction of sp³-hybridized carbons (Fsp3) is 0.412. The number of hydrogen-bond donors (Lipinski definition) is 2. The molecule has 112 valence electrons. The maximum absolute atomic E-state index is 7.84. The third-order valence-corrected chi connectivity index (χ3v) is 3.86. The van der Waals surface area contributed by atoms with Crippen LogP contribution in [0.1, 0.15) is 32.8 Å². The summed E-state index contributed by atoms with van der Waals surface area (Å²) in [6.45, 7) is 6.65. The number of fused-ring (bicyclic) bond motifs is 1. The van der Waals surface area contributed by atoms with Crippen LogP contribution >= 0.6 is 0 Å². The molecule has 0 spiro atoms. The Morgan fingerprint density at radius 1 is 1.29 bits per heavy atom. The van der Waals surface area contributed by atoms with E-state index in [0.29, 0.717) is 17.5 Å². The van der Waals surface area contributed by atoms with Crippen LogP contribution in [0.15, 0.2) is 30.5 Å². The molecule has 0 aliphatic heterocycles. The largest absolute Gasteiger partial charge is 0.384 e. The average molecular weight is 284 g/mol. The quantitative estimate of drug-likeness (QED) is 0.653. The Morgan fingerprint density at radius 3 is 2.57 bits per heavy atom. The second-order valence-corrected chi connectivity index (χ2v) is 6.04. The standard InChI is InChI=1S/C17H24N4/c1-11(2)9-12(3)21(4)16-13-7-5-6-8-15(13)20-10-14(16)17(18)19/h5-8,10-12H,9H2,1-4H3,(H3,18,19). The van der Waals surface area contributed by atoms with Crippen molar-refractivity contribution in [3.8, 4) is 0 Å². The highest BCUT2D eigenvalue weighted by atomic mass is 15.1. The number of hydrogen-bond acceptors (Lipinski definition) is 3. The fourth-order valence-corrected chi connectivity index (χ4v) is 2.76. The molecule has 1 unspecified atom stereocenters. The summed E-state index contributed by atoms with van der Waals surface area (Å²) in [7, 11) is 2.07. The minimum atomic E-state index is 0.0619. The lowest BCUT2D eigenvalue weighted by atomic mass is 10.0. The number of para-hydroxylation sites is 1. The smallest absolute Gasteiger partial charge is 0.126 e. The van der Waals surface area contributed by atoms with Crippen LogP contribution in [-0.4, -0.2) is 23.9 Å². The van der Waals surface area contributed by atoms with Gasteiger partial charge in [0, 0.05) is 24.7 Å². The van der Waals surface area contributed by atoms with E-state index in [4.69, 9.17) is 11.1 Å². The van der Waals surface area contributed by atoms with Gasteiger partial charge in [-0.25, -0.2) is 0 Å². The molecular formula is C17H24N4. The number of amidine groups is 1. The monoisotopic (exact) mass is 284 g/mol. The van der Waals surface area contributed by atoms with E-state index in [9.17, 15) is 0 Å². The zero-order chi connectivity index (χ0) is 15.6. The lowest BCUT2D eigenvalue weighted by Gasteiger charge is -2.31. The number of aromatic nitrogens is 1. The number of benzene rings is 1. The van der Waals surface area contributed by atoms with Gasteiger partial charge in [0.1, 0.15) is 5.84 Å². The first-order valence-electron chi connectivity index (χ1n) is 7.36. The van der Waals surface area contributed by atoms with Crippen LogP contribution in [0, 0.1) is 11.3 Å². The van der Waals surface area contributed by atoms with Crippen molar-refractivity contribution in [3.05, 3.63) is 36.0 Å². The predicted octanol–water partition coefficient (Wildman–Crippen LogP) is 3.39. The number of nitrogens with zero attached hydrogens (tertiary/aromatic N) is 2. The van der Waals surface area contributed by atoms with Gasteiger partial charge in [0.05, 0.1) is 16.8 Å². The van der Waals surface area contributed by atoms with Crippen molar-refractivity contribution in [2.75, 3.05) is 11.9 Å². The zero-order valence-electron chi connectivity index (χ0n) is 13.2. The molecule has 1 atom stereocenters. The molecule has 1 aromatic carbocycles. The maximum Gasteiger partial charge on any atom is 0.126 e. The van der Waals surface area contributed by atoms with E-state index in [0.717, 1.165) is 23.0 Å². The highest BCUT2D eigenvalue weighted by Crippen LogP contribution is 2.30. The average Bonchev–Trinajstić information content (AvgIpc) is 2.44. The van der Waals surface area contributed by atoms with Crippen LogP contribution in [0.25, 0.3) is 10.9 Å². The van der Waals surface area contributed by atoms with Crippen molar-refractivity contribution in [2.45, 2.75) is 33.2 Å². The van der Waals surface area contributed by atoms with E-state index in [1.807, 2.05) is 24.3 Å². The first-order chi connectivity index (χ1) is 9.91. The van der Waals surface area contributed by atoms with Gasteiger partial charge in [0.25, 0.3) is 0 Å². The zero-order valence-corrected chi connectivity index (χ0v) is 13.2. The molecule has 1 heterocycles. The van der Waals surface area contributed by atoms with Crippen LogP contribution in [-0.2, 0) is 0 Å². The number of nitrogen functional groups attached to an aromatic ring is 1. The van der Waals surface area contributed by atoms with E-state index >= 15 is 0 Å². The molecule has 0 aliphatic carbocycles. The second-order valence-electron chi connectivity index (χ2n) is 6.04. The topological polar surface area (TPSA) is 66.0 Å². The Hall–Kier alpha value is -2.10. The van der Waals surface area contributed by atoms with Crippen molar-refractivity contribution in [2.24, 2.45) is 11.7 Å². The van der Waals surface area contributed by atoms with Gasteiger partial charge in [-0.15, -0.1) is 0 Å². The van der Waals surface area contributed by atoms with Gasteiger partial charge in [0.15, 0.2) is 0 Å². The van der Waals surface area contributed by atoms with Crippen molar-refractivity contribution in [1.82, 2.24) is 4.98 Å². The van der Waals surface area contributed by atoms with Crippen molar-refractivity contribution in [1.29, 1.82) is 5.41 Å². The molecule has 4 heteroatoms. The van der Waals surface area contributed by atoms with Crippen LogP contribution in [0.4, 0.5) is 5.69 Å². The van der Waals surface area contributed by atoms with Gasteiger partial charge >= 0.3 is 0 Å². The molecule has 0 aliphatic rings. The lowest BCUT2D eigenvalue weighted by molar-refractivity contribution is 0.504. The molecule has 2 rings (SSSR count). The molecule has 1 aromatic heterocycles. The SMILES string of the molecule is CC(C)CC(C)N(C)c1c(C(=N)N)cnc2ccccc12. The molecular weight excluding hydrogens is 260 g/mol. The Labute approximate surface area is 126 Å². The van der Waals surface area contributed by atoms with Gasteiger partial charge in [-0.05, 0) is 25.3 Å². The summed E-state index contributed by atoms with van der Waals surface area (Å²) < 4.78 is 0. The lowest BCUT2D eigenvalue weighted by Crippen LogP contribution is -2.32. The summed E-state index contributed by atoms with van der Waals surface area (Å²) in [5.74, 6) is 0.683. The van der Waals surface area contributed by atoms with Crippen molar-refractivity contribution >= 4 is 22.4 Å². The number of nitrogens with one attached hydrogen (secondary N) is 1. The summed E-state index contributed by atoms with van der Waals surface area (Å²) in [6, 6.07) is 8.38. The van der Waals surface area contributed by atoms with Gasteiger partial charge < -0.3 is 10.6 Å². The minimum Gasteiger partial charge on any atom is -0.384 e. The van der Waals surface area contributed by atoms with Gasteiger partial charge in [-0.1, -0.05) is 32.0 Å².